The molecule has 2 atom stereocenters. The van der Waals surface area contributed by atoms with Crippen LogP contribution >= 0.6 is 0 Å². The zero-order valence-corrected chi connectivity index (χ0v) is 21.9. The van der Waals surface area contributed by atoms with Gasteiger partial charge in [0.2, 0.25) is 0 Å². The van der Waals surface area contributed by atoms with Crippen molar-refractivity contribution in [3.8, 4) is 6.07 Å². The number of morpholine rings is 2. The summed E-state index contributed by atoms with van der Waals surface area (Å²) >= 11 is 0. The zero-order valence-electron chi connectivity index (χ0n) is 21.9. The van der Waals surface area contributed by atoms with Gasteiger partial charge in [-0.15, -0.1) is 0 Å². The van der Waals surface area contributed by atoms with E-state index in [1.807, 2.05) is 12.1 Å². The number of anilines is 2. The Labute approximate surface area is 218 Å². The lowest BCUT2D eigenvalue weighted by molar-refractivity contribution is -0.161. The number of likely N-dealkylation sites (tertiary alicyclic amines) is 1. The van der Waals surface area contributed by atoms with Crippen LogP contribution in [0.1, 0.15) is 23.9 Å². The van der Waals surface area contributed by atoms with Crippen molar-refractivity contribution in [2.45, 2.75) is 38.6 Å². The van der Waals surface area contributed by atoms with Gasteiger partial charge in [-0.1, -0.05) is 0 Å². The van der Waals surface area contributed by atoms with Gasteiger partial charge < -0.3 is 19.3 Å². The van der Waals surface area contributed by atoms with Crippen molar-refractivity contribution in [2.24, 2.45) is 0 Å². The third-order valence-electron chi connectivity index (χ3n) is 7.70. The Kier molecular flexibility index (Phi) is 6.23. The molecule has 37 heavy (non-hydrogen) atoms. The molecule has 5 heterocycles. The molecule has 192 valence electrons. The summed E-state index contributed by atoms with van der Waals surface area (Å²) in [6, 6.07) is 14.6. The second-order valence-corrected chi connectivity index (χ2v) is 10.8. The molecule has 0 bridgehead atoms. The predicted octanol–water partition coefficient (Wildman–Crippen LogP) is 3.30. The summed E-state index contributed by atoms with van der Waals surface area (Å²) in [4.78, 5) is 16.3. The molecule has 0 aliphatic carbocycles. The molecule has 2 aromatic heterocycles. The van der Waals surface area contributed by atoms with E-state index >= 15 is 0 Å². The highest BCUT2D eigenvalue weighted by atomic mass is 16.5. The Morgan fingerprint density at radius 2 is 1.89 bits per heavy atom. The van der Waals surface area contributed by atoms with Gasteiger partial charge in [0, 0.05) is 80.2 Å². The number of aromatic nitrogens is 2. The van der Waals surface area contributed by atoms with Crippen molar-refractivity contribution in [2.75, 3.05) is 62.2 Å². The molecule has 3 aromatic rings. The molecule has 6 rings (SSSR count). The van der Waals surface area contributed by atoms with Crippen LogP contribution in [-0.2, 0) is 9.47 Å². The topological polar surface area (TPSA) is 77.8 Å². The largest absolute Gasteiger partial charge is 0.370 e. The molecule has 3 saturated heterocycles. The predicted molar refractivity (Wildman–Crippen MR) is 144 cm³/mol. The van der Waals surface area contributed by atoms with Crippen molar-refractivity contribution in [1.29, 1.82) is 5.26 Å². The lowest BCUT2D eigenvalue weighted by atomic mass is 9.91. The lowest BCUT2D eigenvalue weighted by Gasteiger charge is -2.55. The van der Waals surface area contributed by atoms with Gasteiger partial charge in [0.25, 0.3) is 0 Å². The number of ether oxygens (including phenoxy) is 2. The number of nitriles is 1. The highest BCUT2D eigenvalue weighted by Crippen LogP contribution is 2.34. The Morgan fingerprint density at radius 1 is 1.08 bits per heavy atom. The third kappa shape index (κ3) is 4.75. The van der Waals surface area contributed by atoms with Crippen molar-refractivity contribution in [1.82, 2.24) is 14.9 Å². The SMILES string of the molecule is Cc1cc(N2CCOC3(CN(C[C@H]4CN(c5ccc(C#N)c6ncccc56)C[C@@H](C)O4)C3)C2)cc(C)n1. The van der Waals surface area contributed by atoms with Crippen LogP contribution in [0.3, 0.4) is 0 Å². The number of rotatable bonds is 4. The number of pyridine rings is 2. The van der Waals surface area contributed by atoms with E-state index in [4.69, 9.17) is 9.47 Å². The fourth-order valence-corrected chi connectivity index (χ4v) is 6.30. The first kappa shape index (κ1) is 24.1. The highest BCUT2D eigenvalue weighted by molar-refractivity contribution is 5.95. The summed E-state index contributed by atoms with van der Waals surface area (Å²) in [5.41, 5.74) is 5.75. The molecule has 8 nitrogen and oxygen atoms in total. The van der Waals surface area contributed by atoms with Crippen LogP contribution in [0.5, 0.6) is 0 Å². The minimum absolute atomic E-state index is 0.105. The molecule has 3 fully saturated rings. The summed E-state index contributed by atoms with van der Waals surface area (Å²) in [7, 11) is 0. The quantitative estimate of drug-likeness (QED) is 0.542. The lowest BCUT2D eigenvalue weighted by Crippen LogP contribution is -2.71. The third-order valence-corrected chi connectivity index (χ3v) is 7.70. The van der Waals surface area contributed by atoms with Crippen LogP contribution < -0.4 is 9.80 Å². The molecule has 1 spiro atoms. The van der Waals surface area contributed by atoms with E-state index in [1.165, 1.54) is 5.69 Å². The van der Waals surface area contributed by atoms with Crippen LogP contribution in [-0.4, -0.2) is 85.1 Å². The summed E-state index contributed by atoms with van der Waals surface area (Å²) in [5, 5.41) is 10.5. The van der Waals surface area contributed by atoms with Gasteiger partial charge >= 0.3 is 0 Å². The van der Waals surface area contributed by atoms with E-state index in [9.17, 15) is 5.26 Å². The van der Waals surface area contributed by atoms with Gasteiger partial charge in [-0.2, -0.15) is 5.26 Å². The van der Waals surface area contributed by atoms with Crippen LogP contribution in [0.25, 0.3) is 10.9 Å². The van der Waals surface area contributed by atoms with E-state index in [0.717, 1.165) is 80.4 Å². The number of aryl methyl sites for hydroxylation is 2. The average molecular weight is 499 g/mol. The van der Waals surface area contributed by atoms with E-state index in [-0.39, 0.29) is 17.8 Å². The van der Waals surface area contributed by atoms with Gasteiger partial charge in [0.1, 0.15) is 11.7 Å². The van der Waals surface area contributed by atoms with E-state index < -0.39 is 0 Å². The highest BCUT2D eigenvalue weighted by Gasteiger charge is 2.48. The molecule has 0 saturated carbocycles. The van der Waals surface area contributed by atoms with Crippen molar-refractivity contribution in [3.63, 3.8) is 0 Å². The monoisotopic (exact) mass is 498 g/mol. The molecule has 0 N–H and O–H groups in total. The van der Waals surface area contributed by atoms with Gasteiger partial charge in [0.15, 0.2) is 0 Å². The minimum atomic E-state index is -0.113. The molecule has 3 aliphatic rings. The van der Waals surface area contributed by atoms with Gasteiger partial charge in [0.05, 0.1) is 29.9 Å². The minimum Gasteiger partial charge on any atom is -0.370 e. The summed E-state index contributed by atoms with van der Waals surface area (Å²) < 4.78 is 12.7. The summed E-state index contributed by atoms with van der Waals surface area (Å²) in [6.45, 7) is 13.2. The maximum atomic E-state index is 9.52. The fourth-order valence-electron chi connectivity index (χ4n) is 6.30. The molecule has 0 unspecified atom stereocenters. The standard InChI is InChI=1S/C29H34N6O2/c1-20-11-24(12-21(2)32-20)34-9-10-36-29(19-34)17-33(18-29)15-25-16-35(14-22(3)37-25)27-7-6-23(13-30)28-26(27)5-4-8-31-28/h4-8,11-12,22,25H,9-10,14-19H2,1-3H3/t22-,25+/m1/s1. The van der Waals surface area contributed by atoms with Gasteiger partial charge in [-0.25, -0.2) is 0 Å². The molecule has 3 aliphatic heterocycles. The van der Waals surface area contributed by atoms with Crippen molar-refractivity contribution < 1.29 is 9.47 Å². The van der Waals surface area contributed by atoms with E-state index in [2.05, 4.69) is 75.8 Å². The normalized spacial score (nSPS) is 23.7. The summed E-state index contributed by atoms with van der Waals surface area (Å²) in [5.74, 6) is 0. The Hall–Kier alpha value is -3.25. The first-order chi connectivity index (χ1) is 17.9. The van der Waals surface area contributed by atoms with Gasteiger partial charge in [-0.3, -0.25) is 14.9 Å². The Bertz CT molecular complexity index is 1330. The Balaban J connectivity index is 1.12. The molecule has 1 aromatic carbocycles. The number of benzene rings is 1. The van der Waals surface area contributed by atoms with E-state index in [1.54, 1.807) is 6.20 Å². The van der Waals surface area contributed by atoms with Gasteiger partial charge in [-0.05, 0) is 57.2 Å². The molecular formula is C29H34N6O2. The molecular weight excluding hydrogens is 464 g/mol. The first-order valence-corrected chi connectivity index (χ1v) is 13.2. The second kappa shape index (κ2) is 9.56. The second-order valence-electron chi connectivity index (χ2n) is 10.8. The van der Waals surface area contributed by atoms with Crippen molar-refractivity contribution >= 4 is 22.3 Å². The molecule has 0 radical (unpaired) electrons. The zero-order chi connectivity index (χ0) is 25.6. The van der Waals surface area contributed by atoms with E-state index in [0.29, 0.717) is 5.56 Å². The maximum absolute atomic E-state index is 9.52. The fraction of sp³-hybridized carbons (Fsp3) is 0.483. The number of nitrogens with zero attached hydrogens (tertiary/aromatic N) is 6. The average Bonchev–Trinajstić information content (AvgIpc) is 2.86. The number of hydrogen-bond donors (Lipinski definition) is 0. The smallest absolute Gasteiger partial charge is 0.111 e. The first-order valence-electron chi connectivity index (χ1n) is 13.2. The number of hydrogen-bond acceptors (Lipinski definition) is 8. The molecule has 0 amide bonds. The number of fused-ring (bicyclic) bond motifs is 1. The van der Waals surface area contributed by atoms with Crippen LogP contribution in [0.2, 0.25) is 0 Å². The van der Waals surface area contributed by atoms with Crippen molar-refractivity contribution in [3.05, 3.63) is 59.5 Å². The molecule has 8 heteroatoms. The summed E-state index contributed by atoms with van der Waals surface area (Å²) in [6.07, 6.45) is 1.98. The van der Waals surface area contributed by atoms with Crippen LogP contribution in [0.15, 0.2) is 42.6 Å². The Morgan fingerprint density at radius 3 is 2.68 bits per heavy atom. The van der Waals surface area contributed by atoms with Crippen LogP contribution in [0, 0.1) is 25.2 Å². The van der Waals surface area contributed by atoms with Crippen LogP contribution in [0.4, 0.5) is 11.4 Å². The maximum Gasteiger partial charge on any atom is 0.111 e.